The number of nitrogens with zero attached hydrogens (tertiary/aromatic N) is 5. The van der Waals surface area contributed by atoms with Crippen LogP contribution in [0.4, 0.5) is 5.95 Å². The number of benzene rings is 3. The molecular formula is C42H47N7O8. The third kappa shape index (κ3) is 7.79. The van der Waals surface area contributed by atoms with Gasteiger partial charge in [-0.15, -0.1) is 0 Å². The van der Waals surface area contributed by atoms with Crippen molar-refractivity contribution in [2.75, 3.05) is 26.1 Å². The first kappa shape index (κ1) is 39.4. The van der Waals surface area contributed by atoms with Crippen LogP contribution in [0.3, 0.4) is 0 Å². The van der Waals surface area contributed by atoms with Crippen molar-refractivity contribution in [1.29, 1.82) is 0 Å². The van der Waals surface area contributed by atoms with Crippen LogP contribution in [-0.4, -0.2) is 90.4 Å². The van der Waals surface area contributed by atoms with Crippen molar-refractivity contribution in [3.63, 3.8) is 0 Å². The monoisotopic (exact) mass is 777 g/mol. The molecule has 57 heavy (non-hydrogen) atoms. The summed E-state index contributed by atoms with van der Waals surface area (Å²) in [7, 11) is 3.17. The summed E-state index contributed by atoms with van der Waals surface area (Å²) in [4.78, 5) is 41.4. The number of anilines is 1. The number of rotatable bonds is 16. The summed E-state index contributed by atoms with van der Waals surface area (Å²) in [5.74, 6) is 0.469. The number of aromatic nitrogens is 6. The Labute approximate surface area is 329 Å². The lowest BCUT2D eigenvalue weighted by Gasteiger charge is -2.43. The van der Waals surface area contributed by atoms with Crippen molar-refractivity contribution >= 4 is 23.0 Å². The molecule has 4 N–H and O–H groups in total. The minimum Gasteiger partial charge on any atom is -0.497 e. The van der Waals surface area contributed by atoms with Gasteiger partial charge in [0, 0.05) is 31.5 Å². The van der Waals surface area contributed by atoms with Gasteiger partial charge in [0.2, 0.25) is 11.9 Å². The van der Waals surface area contributed by atoms with Gasteiger partial charge in [-0.2, -0.15) is 4.98 Å². The number of hydrogen-bond acceptors (Lipinski definition) is 11. The van der Waals surface area contributed by atoms with E-state index >= 15 is 0 Å². The fourth-order valence-electron chi connectivity index (χ4n) is 7.48. The van der Waals surface area contributed by atoms with Gasteiger partial charge >= 0.3 is 0 Å². The first-order valence-electron chi connectivity index (χ1n) is 18.9. The van der Waals surface area contributed by atoms with E-state index in [2.05, 4.69) is 25.3 Å². The van der Waals surface area contributed by atoms with Crippen molar-refractivity contribution in [3.05, 3.63) is 131 Å². The molecule has 0 spiro atoms. The number of aliphatic hydroxyl groups is 2. The predicted octanol–water partition coefficient (Wildman–Crippen LogP) is 4.45. The lowest BCUT2D eigenvalue weighted by atomic mass is 9.64. The van der Waals surface area contributed by atoms with Crippen molar-refractivity contribution in [3.8, 4) is 11.5 Å². The number of aromatic amines is 1. The summed E-state index contributed by atoms with van der Waals surface area (Å²) in [5.41, 5.74) is 0.330. The van der Waals surface area contributed by atoms with Crippen LogP contribution in [0, 0.1) is 5.92 Å². The number of unbranched alkanes of at least 4 members (excludes halogenated alkanes) is 1. The van der Waals surface area contributed by atoms with Crippen molar-refractivity contribution < 1.29 is 34.0 Å². The molecule has 4 heterocycles. The Balaban J connectivity index is 1.32. The third-order valence-corrected chi connectivity index (χ3v) is 10.5. The predicted molar refractivity (Wildman–Crippen MR) is 211 cm³/mol. The van der Waals surface area contributed by atoms with Crippen LogP contribution >= 0.6 is 0 Å². The summed E-state index contributed by atoms with van der Waals surface area (Å²) >= 11 is 0. The van der Waals surface area contributed by atoms with E-state index in [4.69, 9.17) is 18.9 Å². The van der Waals surface area contributed by atoms with Crippen LogP contribution in [0.25, 0.3) is 11.2 Å². The molecule has 0 saturated carbocycles. The Hall–Kier alpha value is -5.87. The number of ether oxygens (including phenoxy) is 4. The van der Waals surface area contributed by atoms with Crippen LogP contribution in [0.15, 0.2) is 109 Å². The lowest BCUT2D eigenvalue weighted by Crippen LogP contribution is -2.52. The van der Waals surface area contributed by atoms with E-state index in [1.54, 1.807) is 40.6 Å². The normalized spacial score (nSPS) is 18.9. The van der Waals surface area contributed by atoms with E-state index in [1.807, 2.05) is 89.6 Å². The molecular weight excluding hydrogens is 731 g/mol. The van der Waals surface area contributed by atoms with Gasteiger partial charge in [-0.25, -0.2) is 9.97 Å². The quantitative estimate of drug-likeness (QED) is 0.0804. The molecule has 1 aliphatic rings. The summed E-state index contributed by atoms with van der Waals surface area (Å²) < 4.78 is 27.7. The zero-order chi connectivity index (χ0) is 40.1. The van der Waals surface area contributed by atoms with Crippen molar-refractivity contribution in [2.45, 2.75) is 69.3 Å². The largest absolute Gasteiger partial charge is 0.497 e. The van der Waals surface area contributed by atoms with Crippen molar-refractivity contribution in [1.82, 2.24) is 29.1 Å². The lowest BCUT2D eigenvalue weighted by molar-refractivity contribution is -0.118. The Morgan fingerprint density at radius 2 is 1.60 bits per heavy atom. The molecule has 15 nitrogen and oxygen atoms in total. The number of aliphatic hydroxyl groups excluding tert-OH is 2. The molecule has 3 aromatic carbocycles. The molecule has 7 rings (SSSR count). The van der Waals surface area contributed by atoms with Crippen molar-refractivity contribution in [2.24, 2.45) is 5.92 Å². The molecule has 0 radical (unpaired) electrons. The highest BCUT2D eigenvalue weighted by molar-refractivity contribution is 5.91. The van der Waals surface area contributed by atoms with E-state index in [1.165, 1.54) is 10.9 Å². The molecule has 1 fully saturated rings. The van der Waals surface area contributed by atoms with Gasteiger partial charge in [0.25, 0.3) is 5.56 Å². The smallest absolute Gasteiger partial charge is 0.280 e. The van der Waals surface area contributed by atoms with E-state index in [0.29, 0.717) is 29.0 Å². The first-order chi connectivity index (χ1) is 27.6. The minimum atomic E-state index is -1.44. The van der Waals surface area contributed by atoms with Crippen LogP contribution in [-0.2, 0) is 26.2 Å². The highest BCUT2D eigenvalue weighted by Crippen LogP contribution is 2.48. The maximum Gasteiger partial charge on any atom is 0.280 e. The summed E-state index contributed by atoms with van der Waals surface area (Å²) in [6, 6.07) is 24.4. The molecule has 0 bridgehead atoms. The molecule has 3 aromatic heterocycles. The fraction of sp³-hybridized carbons (Fsp3) is 0.357. The van der Waals surface area contributed by atoms with Gasteiger partial charge in [0.1, 0.15) is 35.9 Å². The highest BCUT2D eigenvalue weighted by Gasteiger charge is 2.56. The summed E-state index contributed by atoms with van der Waals surface area (Å²) in [6.07, 6.45) is 1.89. The number of H-pyrrole nitrogens is 1. The van der Waals surface area contributed by atoms with E-state index in [9.17, 15) is 19.8 Å². The Morgan fingerprint density at radius 3 is 2.19 bits per heavy atom. The molecule has 1 aliphatic heterocycles. The average Bonchev–Trinajstić information content (AvgIpc) is 3.98. The first-order valence-corrected chi connectivity index (χ1v) is 18.9. The number of fused-ring (bicyclic) bond motifs is 1. The van der Waals surface area contributed by atoms with Gasteiger partial charge in [0.15, 0.2) is 17.4 Å². The molecule has 6 aromatic rings. The molecule has 298 valence electrons. The number of nitrogens with one attached hydrogen (secondary N) is 2. The molecule has 0 aliphatic carbocycles. The Bertz CT molecular complexity index is 2250. The third-order valence-electron chi connectivity index (χ3n) is 10.5. The van der Waals surface area contributed by atoms with Gasteiger partial charge in [-0.1, -0.05) is 68.4 Å². The molecule has 1 unspecified atom stereocenters. The van der Waals surface area contributed by atoms with E-state index in [-0.39, 0.29) is 35.5 Å². The number of amides is 1. The second-order valence-corrected chi connectivity index (χ2v) is 14.3. The van der Waals surface area contributed by atoms with Gasteiger partial charge in [-0.3, -0.25) is 24.5 Å². The minimum absolute atomic E-state index is 0.00573. The van der Waals surface area contributed by atoms with Gasteiger partial charge < -0.3 is 33.7 Å². The number of aryl methyl sites for hydroxylation is 1. The topological polar surface area (TPSA) is 188 Å². The number of imidazole rings is 2. The second kappa shape index (κ2) is 17.1. The Morgan fingerprint density at radius 1 is 0.947 bits per heavy atom. The number of methoxy groups -OCH3 is 2. The number of carbonyl (C=O) groups is 1. The number of hydrogen-bond donors (Lipinski definition) is 4. The number of carbonyl (C=O) groups excluding carboxylic acids is 1. The zero-order valence-corrected chi connectivity index (χ0v) is 32.2. The van der Waals surface area contributed by atoms with Crippen LogP contribution in [0.2, 0.25) is 0 Å². The SMILES string of the molecule is COc1ccc(C(c2ccccc2)(c2ccc(OC)cc2)C(O)[C@H]2O[C@@H](n3cnc4c(=O)[nH]c(NC(=O)C(C)C)nc43)[C@H](OCCCCn3ccnc3)[C@@H]2O)cc1. The second-order valence-electron chi connectivity index (χ2n) is 14.3. The van der Waals surface area contributed by atoms with Gasteiger partial charge in [0.05, 0.1) is 32.3 Å². The summed E-state index contributed by atoms with van der Waals surface area (Å²) in [5, 5.41) is 28.1. The van der Waals surface area contributed by atoms with Gasteiger partial charge in [-0.05, 0) is 53.8 Å². The van der Waals surface area contributed by atoms with Crippen LogP contribution in [0.1, 0.15) is 49.6 Å². The van der Waals surface area contributed by atoms with Crippen LogP contribution in [0.5, 0.6) is 11.5 Å². The fourth-order valence-corrected chi connectivity index (χ4v) is 7.48. The molecule has 1 amide bonds. The van der Waals surface area contributed by atoms with E-state index < -0.39 is 41.6 Å². The zero-order valence-electron chi connectivity index (χ0n) is 32.2. The van der Waals surface area contributed by atoms with E-state index in [0.717, 1.165) is 18.5 Å². The Kier molecular flexibility index (Phi) is 11.8. The summed E-state index contributed by atoms with van der Waals surface area (Å²) in [6.45, 7) is 4.42. The molecule has 5 atom stereocenters. The maximum atomic E-state index is 13.2. The maximum absolute atomic E-state index is 13.2. The standard InChI is InChI=1S/C42H47N7O8/c1-26(2)38(52)46-41-45-37-32(39(53)47-41)44-25-49(37)40-35(56-23-9-8-21-48-22-20-43-24-48)33(50)34(57-40)36(51)42(27-10-6-5-7-11-27,28-12-16-30(54-3)17-13-28)29-14-18-31(55-4)19-15-29/h5-7,10-20,22,24-26,33-36,40,50-51H,8-9,21,23H2,1-4H3,(H2,45,46,47,52,53)/t33-,34+,35-,36?,40-/m1/s1. The highest BCUT2D eigenvalue weighted by atomic mass is 16.6. The average molecular weight is 778 g/mol. The van der Waals surface area contributed by atoms with Crippen LogP contribution < -0.4 is 20.3 Å². The molecule has 15 heteroatoms. The molecule has 1 saturated heterocycles.